The highest BCUT2D eigenvalue weighted by Crippen LogP contribution is 2.21. The van der Waals surface area contributed by atoms with E-state index in [9.17, 15) is 5.11 Å². The topological polar surface area (TPSA) is 50.9 Å². The Labute approximate surface area is 114 Å². The maximum Gasteiger partial charge on any atom is 0.138 e. The second kappa shape index (κ2) is 6.48. The molecule has 0 saturated carbocycles. The minimum atomic E-state index is -0.385. The lowest BCUT2D eigenvalue weighted by Crippen LogP contribution is -2.17. The highest BCUT2D eigenvalue weighted by molar-refractivity contribution is 5.18. The molecular weight excluding hydrogens is 238 g/mol. The molecule has 102 valence electrons. The van der Waals surface area contributed by atoms with Crippen LogP contribution in [0, 0.1) is 0 Å². The van der Waals surface area contributed by atoms with Gasteiger partial charge in [-0.25, -0.2) is 4.98 Å². The first-order valence-corrected chi connectivity index (χ1v) is 6.80. The largest absolute Gasteiger partial charge is 0.393 e. The molecule has 2 unspecified atom stereocenters. The summed E-state index contributed by atoms with van der Waals surface area (Å²) in [5.41, 5.74) is 1.26. The Hall–Kier alpha value is -1.68. The van der Waals surface area contributed by atoms with E-state index < -0.39 is 0 Å². The number of aliphatic hydroxyl groups excluding tert-OH is 1. The van der Waals surface area contributed by atoms with Crippen LogP contribution in [-0.2, 0) is 13.0 Å². The van der Waals surface area contributed by atoms with Gasteiger partial charge < -0.3 is 5.11 Å². The van der Waals surface area contributed by atoms with Crippen LogP contribution in [-0.4, -0.2) is 26.0 Å². The highest BCUT2D eigenvalue weighted by Gasteiger charge is 2.15. The molecule has 2 atom stereocenters. The van der Waals surface area contributed by atoms with Gasteiger partial charge in [-0.15, -0.1) is 0 Å². The van der Waals surface area contributed by atoms with Gasteiger partial charge in [-0.1, -0.05) is 37.3 Å². The van der Waals surface area contributed by atoms with Crippen LogP contribution in [0.5, 0.6) is 0 Å². The number of hydrogen-bond acceptors (Lipinski definition) is 3. The maximum atomic E-state index is 10.2. The second-order valence-electron chi connectivity index (χ2n) is 4.90. The van der Waals surface area contributed by atoms with Gasteiger partial charge in [0.25, 0.3) is 0 Å². The number of aromatic nitrogens is 3. The minimum absolute atomic E-state index is 0.342. The van der Waals surface area contributed by atoms with Gasteiger partial charge in [0.2, 0.25) is 0 Å². The summed E-state index contributed by atoms with van der Waals surface area (Å²) in [7, 11) is 0. The first kappa shape index (κ1) is 13.7. The van der Waals surface area contributed by atoms with Gasteiger partial charge in [-0.3, -0.25) is 4.68 Å². The SMILES string of the molecule is CCn1ncnc1CC(O)CC(C)c1ccccc1. The highest BCUT2D eigenvalue weighted by atomic mass is 16.3. The zero-order valence-corrected chi connectivity index (χ0v) is 11.5. The van der Waals surface area contributed by atoms with Gasteiger partial charge in [0, 0.05) is 13.0 Å². The third-order valence-electron chi connectivity index (χ3n) is 3.41. The van der Waals surface area contributed by atoms with E-state index in [0.717, 1.165) is 18.8 Å². The summed E-state index contributed by atoms with van der Waals surface area (Å²) >= 11 is 0. The molecule has 0 saturated heterocycles. The molecule has 0 aliphatic carbocycles. The van der Waals surface area contributed by atoms with Gasteiger partial charge >= 0.3 is 0 Å². The van der Waals surface area contributed by atoms with Gasteiger partial charge in [0.15, 0.2) is 0 Å². The fourth-order valence-electron chi connectivity index (χ4n) is 2.33. The molecule has 0 spiro atoms. The molecule has 0 fully saturated rings. The van der Waals surface area contributed by atoms with Gasteiger partial charge in [-0.2, -0.15) is 5.10 Å². The van der Waals surface area contributed by atoms with Crippen molar-refractivity contribution in [3.05, 3.63) is 48.0 Å². The number of rotatable bonds is 6. The molecule has 0 aliphatic rings. The Morgan fingerprint density at radius 1 is 1.26 bits per heavy atom. The first-order valence-electron chi connectivity index (χ1n) is 6.80. The summed E-state index contributed by atoms with van der Waals surface area (Å²) in [5, 5.41) is 14.3. The molecule has 1 N–H and O–H groups in total. The Balaban J connectivity index is 1.93. The molecule has 19 heavy (non-hydrogen) atoms. The Kier molecular flexibility index (Phi) is 4.68. The Bertz CT molecular complexity index is 495. The zero-order chi connectivity index (χ0) is 13.7. The van der Waals surface area contributed by atoms with Crippen molar-refractivity contribution in [2.75, 3.05) is 0 Å². The summed E-state index contributed by atoms with van der Waals surface area (Å²) in [6.45, 7) is 4.95. The molecule has 2 rings (SSSR count). The van der Waals surface area contributed by atoms with E-state index >= 15 is 0 Å². The van der Waals surface area contributed by atoms with Crippen molar-refractivity contribution in [2.24, 2.45) is 0 Å². The van der Waals surface area contributed by atoms with Crippen molar-refractivity contribution >= 4 is 0 Å². The summed E-state index contributed by atoms with van der Waals surface area (Å²) in [6.07, 6.45) is 2.46. The van der Waals surface area contributed by atoms with Crippen LogP contribution in [0.15, 0.2) is 36.7 Å². The average Bonchev–Trinajstić information content (AvgIpc) is 2.86. The van der Waals surface area contributed by atoms with Crippen molar-refractivity contribution in [3.63, 3.8) is 0 Å². The summed E-state index contributed by atoms with van der Waals surface area (Å²) < 4.78 is 1.83. The zero-order valence-electron chi connectivity index (χ0n) is 11.5. The van der Waals surface area contributed by atoms with Crippen LogP contribution in [0.1, 0.15) is 37.6 Å². The van der Waals surface area contributed by atoms with Crippen LogP contribution in [0.25, 0.3) is 0 Å². The molecular formula is C15H21N3O. The third-order valence-corrected chi connectivity index (χ3v) is 3.41. The number of aryl methyl sites for hydroxylation is 1. The number of aliphatic hydroxyl groups is 1. The van der Waals surface area contributed by atoms with E-state index in [1.54, 1.807) is 6.33 Å². The fourth-order valence-corrected chi connectivity index (χ4v) is 2.33. The predicted molar refractivity (Wildman–Crippen MR) is 74.9 cm³/mol. The molecule has 2 aromatic rings. The van der Waals surface area contributed by atoms with E-state index in [1.807, 2.05) is 29.8 Å². The molecule has 1 aromatic heterocycles. The van der Waals surface area contributed by atoms with E-state index in [2.05, 4.69) is 29.1 Å². The quantitative estimate of drug-likeness (QED) is 0.866. The van der Waals surface area contributed by atoms with Crippen LogP contribution < -0.4 is 0 Å². The van der Waals surface area contributed by atoms with E-state index in [1.165, 1.54) is 5.56 Å². The monoisotopic (exact) mass is 259 g/mol. The van der Waals surface area contributed by atoms with Crippen LogP contribution in [0.4, 0.5) is 0 Å². The molecule has 0 radical (unpaired) electrons. The normalized spacial score (nSPS) is 14.3. The molecule has 0 bridgehead atoms. The van der Waals surface area contributed by atoms with Crippen molar-refractivity contribution in [2.45, 2.75) is 45.3 Å². The lowest BCUT2D eigenvalue weighted by molar-refractivity contribution is 0.153. The third kappa shape index (κ3) is 3.64. The van der Waals surface area contributed by atoms with E-state index in [0.29, 0.717) is 12.3 Å². The van der Waals surface area contributed by atoms with Crippen LogP contribution in [0.2, 0.25) is 0 Å². The maximum absolute atomic E-state index is 10.2. The molecule has 4 nitrogen and oxygen atoms in total. The van der Waals surface area contributed by atoms with Crippen LogP contribution >= 0.6 is 0 Å². The van der Waals surface area contributed by atoms with Crippen molar-refractivity contribution in [1.29, 1.82) is 0 Å². The van der Waals surface area contributed by atoms with Crippen molar-refractivity contribution < 1.29 is 5.11 Å². The molecule has 0 aliphatic heterocycles. The minimum Gasteiger partial charge on any atom is -0.393 e. The van der Waals surface area contributed by atoms with Crippen molar-refractivity contribution in [3.8, 4) is 0 Å². The molecule has 1 heterocycles. The smallest absolute Gasteiger partial charge is 0.138 e. The molecule has 4 heteroatoms. The Morgan fingerprint density at radius 2 is 2.00 bits per heavy atom. The standard InChI is InChI=1S/C15H21N3O/c1-3-18-15(16-11-17-18)10-14(19)9-12(2)13-7-5-4-6-8-13/h4-8,11-12,14,19H,3,9-10H2,1-2H3. The number of nitrogens with zero attached hydrogens (tertiary/aromatic N) is 3. The fraction of sp³-hybridized carbons (Fsp3) is 0.467. The summed E-state index contributed by atoms with van der Waals surface area (Å²) in [5.74, 6) is 1.20. The van der Waals surface area contributed by atoms with E-state index in [4.69, 9.17) is 0 Å². The number of benzene rings is 1. The predicted octanol–water partition coefficient (Wildman–Crippen LogP) is 2.40. The molecule has 1 aromatic carbocycles. The summed E-state index contributed by atoms with van der Waals surface area (Å²) in [6, 6.07) is 10.3. The average molecular weight is 259 g/mol. The Morgan fingerprint density at radius 3 is 2.68 bits per heavy atom. The summed E-state index contributed by atoms with van der Waals surface area (Å²) in [4.78, 5) is 4.20. The number of hydrogen-bond donors (Lipinski definition) is 1. The first-order chi connectivity index (χ1) is 9.20. The van der Waals surface area contributed by atoms with Gasteiger partial charge in [-0.05, 0) is 24.8 Å². The lowest BCUT2D eigenvalue weighted by atomic mass is 9.94. The molecule has 0 amide bonds. The van der Waals surface area contributed by atoms with Gasteiger partial charge in [0.1, 0.15) is 12.2 Å². The van der Waals surface area contributed by atoms with Crippen molar-refractivity contribution in [1.82, 2.24) is 14.8 Å². The van der Waals surface area contributed by atoms with E-state index in [-0.39, 0.29) is 6.10 Å². The van der Waals surface area contributed by atoms with Gasteiger partial charge in [0.05, 0.1) is 6.10 Å². The lowest BCUT2D eigenvalue weighted by Gasteiger charge is -2.16. The second-order valence-corrected chi connectivity index (χ2v) is 4.90. The van der Waals surface area contributed by atoms with Crippen LogP contribution in [0.3, 0.4) is 0 Å².